The number of ether oxygens (including phenoxy) is 1. The molecule has 7 heteroatoms. The zero-order valence-corrected chi connectivity index (χ0v) is 9.20. The van der Waals surface area contributed by atoms with Crippen LogP contribution in [0.1, 0.15) is 10.5 Å². The molecule has 1 aromatic heterocycles. The first-order valence-corrected chi connectivity index (χ1v) is 5.03. The van der Waals surface area contributed by atoms with E-state index in [1.54, 1.807) is 12.0 Å². The van der Waals surface area contributed by atoms with Gasteiger partial charge in [-0.3, -0.25) is 4.79 Å². The van der Waals surface area contributed by atoms with Gasteiger partial charge in [-0.25, -0.2) is 0 Å². The fourth-order valence-corrected chi connectivity index (χ4v) is 1.29. The molecule has 1 rings (SSSR count). The van der Waals surface area contributed by atoms with Gasteiger partial charge < -0.3 is 9.64 Å². The monoisotopic (exact) mass is 232 g/mol. The molecule has 0 aliphatic rings. The van der Waals surface area contributed by atoms with Crippen LogP contribution in [0.2, 0.25) is 0 Å². The number of H-pyrrole nitrogens is 1. The van der Waals surface area contributed by atoms with E-state index >= 15 is 0 Å². The Balaban J connectivity index is 2.58. The average Bonchev–Trinajstić information content (AvgIpc) is 2.76. The maximum atomic E-state index is 11.8. The number of hydrogen-bond acceptors (Lipinski definition) is 4. The van der Waals surface area contributed by atoms with Gasteiger partial charge in [0.05, 0.1) is 12.8 Å². The highest BCUT2D eigenvalue weighted by molar-refractivity contribution is 6.18. The Hall–Kier alpha value is -1.14. The molecule has 0 unspecified atom stereocenters. The number of aromatic nitrogens is 3. The Morgan fingerprint density at radius 1 is 1.67 bits per heavy atom. The third kappa shape index (κ3) is 3.49. The van der Waals surface area contributed by atoms with Gasteiger partial charge in [-0.1, -0.05) is 0 Å². The number of methoxy groups -OCH3 is 1. The van der Waals surface area contributed by atoms with Crippen molar-refractivity contribution in [2.45, 2.75) is 0 Å². The minimum atomic E-state index is -0.193. The zero-order valence-electron chi connectivity index (χ0n) is 8.44. The minimum Gasteiger partial charge on any atom is -0.383 e. The van der Waals surface area contributed by atoms with Gasteiger partial charge >= 0.3 is 0 Å². The largest absolute Gasteiger partial charge is 0.383 e. The van der Waals surface area contributed by atoms with Crippen molar-refractivity contribution in [1.29, 1.82) is 0 Å². The molecule has 0 bridgehead atoms. The standard InChI is InChI=1S/C8H13ClN4O2/c1-15-5-4-13(3-2-9)8(14)7-6-10-12-11-7/h6H,2-5H2,1H3,(H,10,11,12). The topological polar surface area (TPSA) is 71.1 Å². The molecule has 0 fully saturated rings. The first-order valence-electron chi connectivity index (χ1n) is 4.49. The van der Waals surface area contributed by atoms with Crippen LogP contribution in [0.5, 0.6) is 0 Å². The summed E-state index contributed by atoms with van der Waals surface area (Å²) in [6.45, 7) is 1.44. The first-order chi connectivity index (χ1) is 7.29. The molecule has 6 nitrogen and oxygen atoms in total. The molecule has 0 saturated heterocycles. The number of rotatable bonds is 6. The van der Waals surface area contributed by atoms with Crippen LogP contribution in [-0.2, 0) is 4.74 Å². The summed E-state index contributed by atoms with van der Waals surface area (Å²) in [5, 5.41) is 9.69. The second-order valence-corrected chi connectivity index (χ2v) is 3.21. The number of nitrogens with one attached hydrogen (secondary N) is 1. The molecule has 0 aliphatic heterocycles. The van der Waals surface area contributed by atoms with Crippen molar-refractivity contribution in [3.8, 4) is 0 Å². The number of aromatic amines is 1. The quantitative estimate of drug-likeness (QED) is 0.708. The van der Waals surface area contributed by atoms with Gasteiger partial charge in [-0.05, 0) is 0 Å². The second kappa shape index (κ2) is 6.36. The maximum absolute atomic E-state index is 11.8. The normalized spacial score (nSPS) is 10.3. The molecular weight excluding hydrogens is 220 g/mol. The highest BCUT2D eigenvalue weighted by atomic mass is 35.5. The van der Waals surface area contributed by atoms with E-state index in [9.17, 15) is 4.79 Å². The summed E-state index contributed by atoms with van der Waals surface area (Å²) in [6.07, 6.45) is 1.39. The van der Waals surface area contributed by atoms with E-state index < -0.39 is 0 Å². The van der Waals surface area contributed by atoms with Gasteiger partial charge in [0, 0.05) is 26.1 Å². The van der Waals surface area contributed by atoms with Gasteiger partial charge in [0.2, 0.25) is 0 Å². The summed E-state index contributed by atoms with van der Waals surface area (Å²) in [4.78, 5) is 13.4. The molecule has 0 aromatic carbocycles. The third-order valence-corrected chi connectivity index (χ3v) is 2.01. The van der Waals surface area contributed by atoms with Gasteiger partial charge in [0.25, 0.3) is 5.91 Å². The number of nitrogens with zero attached hydrogens (tertiary/aromatic N) is 3. The van der Waals surface area contributed by atoms with Crippen molar-refractivity contribution >= 4 is 17.5 Å². The number of alkyl halides is 1. The molecule has 1 aromatic rings. The third-order valence-electron chi connectivity index (χ3n) is 1.84. The summed E-state index contributed by atoms with van der Waals surface area (Å²) in [7, 11) is 1.58. The highest BCUT2D eigenvalue weighted by Crippen LogP contribution is 2.00. The van der Waals surface area contributed by atoms with Gasteiger partial charge in [-0.2, -0.15) is 15.4 Å². The lowest BCUT2D eigenvalue weighted by atomic mass is 10.4. The van der Waals surface area contributed by atoms with E-state index in [2.05, 4.69) is 15.4 Å². The lowest BCUT2D eigenvalue weighted by Crippen LogP contribution is -2.35. The van der Waals surface area contributed by atoms with Crippen LogP contribution in [0.25, 0.3) is 0 Å². The molecule has 1 amide bonds. The van der Waals surface area contributed by atoms with E-state index in [4.69, 9.17) is 16.3 Å². The fraction of sp³-hybridized carbons (Fsp3) is 0.625. The van der Waals surface area contributed by atoms with Crippen molar-refractivity contribution < 1.29 is 9.53 Å². The smallest absolute Gasteiger partial charge is 0.276 e. The summed E-state index contributed by atoms with van der Waals surface area (Å²) in [5.74, 6) is 0.189. The van der Waals surface area contributed by atoms with E-state index in [0.717, 1.165) is 0 Å². The molecule has 84 valence electrons. The van der Waals surface area contributed by atoms with E-state index in [1.165, 1.54) is 6.20 Å². The van der Waals surface area contributed by atoms with Gasteiger partial charge in [-0.15, -0.1) is 11.6 Å². The number of hydrogen-bond donors (Lipinski definition) is 1. The van der Waals surface area contributed by atoms with Crippen molar-refractivity contribution in [2.75, 3.05) is 32.7 Å². The molecule has 0 atom stereocenters. The van der Waals surface area contributed by atoms with Crippen LogP contribution < -0.4 is 0 Å². The number of carbonyl (C=O) groups is 1. The van der Waals surface area contributed by atoms with Crippen molar-refractivity contribution in [3.05, 3.63) is 11.9 Å². The Labute approximate surface area is 92.5 Å². The molecule has 0 spiro atoms. The molecule has 1 heterocycles. The number of amides is 1. The minimum absolute atomic E-state index is 0.193. The van der Waals surface area contributed by atoms with Crippen molar-refractivity contribution in [2.24, 2.45) is 0 Å². The zero-order chi connectivity index (χ0) is 11.1. The van der Waals surface area contributed by atoms with Crippen molar-refractivity contribution in [1.82, 2.24) is 20.3 Å². The molecule has 0 radical (unpaired) electrons. The molecule has 0 aliphatic carbocycles. The van der Waals surface area contributed by atoms with Gasteiger partial charge in [0.15, 0.2) is 5.69 Å². The van der Waals surface area contributed by atoms with Crippen LogP contribution in [0.4, 0.5) is 0 Å². The Morgan fingerprint density at radius 3 is 3.00 bits per heavy atom. The summed E-state index contributed by atoms with van der Waals surface area (Å²) in [5.41, 5.74) is 0.288. The lowest BCUT2D eigenvalue weighted by Gasteiger charge is -2.19. The molecule has 0 saturated carbocycles. The SMILES string of the molecule is COCCN(CCCl)C(=O)c1cn[nH]n1. The molecule has 15 heavy (non-hydrogen) atoms. The molecule has 1 N–H and O–H groups in total. The van der Waals surface area contributed by atoms with Crippen molar-refractivity contribution in [3.63, 3.8) is 0 Å². The number of halogens is 1. The Kier molecular flexibility index (Phi) is 5.06. The Bertz CT molecular complexity index is 291. The predicted molar refractivity (Wildman–Crippen MR) is 54.9 cm³/mol. The summed E-state index contributed by atoms with van der Waals surface area (Å²) in [6, 6.07) is 0. The van der Waals surface area contributed by atoms with Crippen LogP contribution >= 0.6 is 11.6 Å². The van der Waals surface area contributed by atoms with E-state index in [0.29, 0.717) is 25.6 Å². The number of carbonyl (C=O) groups excluding carboxylic acids is 1. The Morgan fingerprint density at radius 2 is 2.47 bits per heavy atom. The van der Waals surface area contributed by atoms with Gasteiger partial charge in [0.1, 0.15) is 0 Å². The first kappa shape index (κ1) is 11.9. The van der Waals surface area contributed by atoms with Crippen LogP contribution in [0.15, 0.2) is 6.20 Å². The average molecular weight is 233 g/mol. The molecular formula is C8H13ClN4O2. The maximum Gasteiger partial charge on any atom is 0.276 e. The van der Waals surface area contributed by atoms with Crippen LogP contribution in [0.3, 0.4) is 0 Å². The fourth-order valence-electron chi connectivity index (χ4n) is 1.09. The lowest BCUT2D eigenvalue weighted by molar-refractivity contribution is 0.0702. The second-order valence-electron chi connectivity index (χ2n) is 2.83. The van der Waals surface area contributed by atoms with E-state index in [-0.39, 0.29) is 11.6 Å². The van der Waals surface area contributed by atoms with Crippen LogP contribution in [0, 0.1) is 0 Å². The predicted octanol–water partition coefficient (Wildman–Crippen LogP) is 0.132. The highest BCUT2D eigenvalue weighted by Gasteiger charge is 2.16. The van der Waals surface area contributed by atoms with Crippen LogP contribution in [-0.4, -0.2) is 58.9 Å². The van der Waals surface area contributed by atoms with E-state index in [1.807, 2.05) is 0 Å². The summed E-state index contributed by atoms with van der Waals surface area (Å²) >= 11 is 5.60. The summed E-state index contributed by atoms with van der Waals surface area (Å²) < 4.78 is 4.91.